The molecule has 1 atom stereocenters. The molecule has 2 rings (SSSR count). The van der Waals surface area contributed by atoms with Gasteiger partial charge in [0.2, 0.25) is 5.89 Å². The second kappa shape index (κ2) is 7.07. The summed E-state index contributed by atoms with van der Waals surface area (Å²) in [5.41, 5.74) is 0. The fraction of sp³-hybridized carbons (Fsp3) is 0.385. The number of halogens is 1. The summed E-state index contributed by atoms with van der Waals surface area (Å²) in [5, 5.41) is 7.24. The maximum atomic E-state index is 5.24. The molecule has 0 bridgehead atoms. The van der Waals surface area contributed by atoms with Crippen LogP contribution in [0.3, 0.4) is 0 Å². The third-order valence-corrected chi connectivity index (χ3v) is 4.08. The van der Waals surface area contributed by atoms with E-state index < -0.39 is 0 Å². The van der Waals surface area contributed by atoms with Crippen LogP contribution in [-0.2, 0) is 5.75 Å². The molecule has 0 saturated heterocycles. The molecule has 19 heavy (non-hydrogen) atoms. The molecule has 1 heterocycles. The summed E-state index contributed by atoms with van der Waals surface area (Å²) in [5.74, 6) is 2.09. The van der Waals surface area contributed by atoms with Crippen molar-refractivity contribution in [3.8, 4) is 0 Å². The molecule has 0 amide bonds. The van der Waals surface area contributed by atoms with Crippen molar-refractivity contribution in [2.45, 2.75) is 30.5 Å². The highest BCUT2D eigenvalue weighted by atomic mass is 79.9. The summed E-state index contributed by atoms with van der Waals surface area (Å²) in [7, 11) is 0. The minimum atomic E-state index is 0.101. The van der Waals surface area contributed by atoms with E-state index in [9.17, 15) is 0 Å². The van der Waals surface area contributed by atoms with Crippen LogP contribution >= 0.6 is 27.7 Å². The van der Waals surface area contributed by atoms with E-state index in [1.54, 1.807) is 11.8 Å². The lowest BCUT2D eigenvalue weighted by atomic mass is 10.3. The van der Waals surface area contributed by atoms with Gasteiger partial charge in [0.25, 0.3) is 0 Å². The van der Waals surface area contributed by atoms with Gasteiger partial charge in [-0.15, -0.1) is 11.8 Å². The van der Waals surface area contributed by atoms with E-state index in [2.05, 4.69) is 50.4 Å². The number of aromatic nitrogens is 2. The van der Waals surface area contributed by atoms with Crippen molar-refractivity contribution >= 4 is 27.7 Å². The number of hydrogen-bond donors (Lipinski definition) is 1. The molecule has 1 unspecified atom stereocenters. The van der Waals surface area contributed by atoms with Crippen LogP contribution in [0.2, 0.25) is 0 Å². The first-order valence-corrected chi connectivity index (χ1v) is 7.91. The van der Waals surface area contributed by atoms with Gasteiger partial charge in [-0.2, -0.15) is 4.98 Å². The van der Waals surface area contributed by atoms with Crippen molar-refractivity contribution in [2.24, 2.45) is 0 Å². The van der Waals surface area contributed by atoms with Gasteiger partial charge in [-0.25, -0.2) is 0 Å². The minimum absolute atomic E-state index is 0.101. The first-order valence-electron chi connectivity index (χ1n) is 6.13. The number of hydrogen-bond acceptors (Lipinski definition) is 5. The SMILES string of the molecule is CCNC(C)c1nc(CSc2ccc(Br)cc2)no1. The second-order valence-electron chi connectivity index (χ2n) is 4.07. The predicted octanol–water partition coefficient (Wildman–Crippen LogP) is 3.79. The van der Waals surface area contributed by atoms with Crippen LogP contribution in [0, 0.1) is 0 Å². The van der Waals surface area contributed by atoms with Crippen molar-refractivity contribution < 1.29 is 4.52 Å². The van der Waals surface area contributed by atoms with Crippen LogP contribution < -0.4 is 5.32 Å². The van der Waals surface area contributed by atoms with E-state index in [4.69, 9.17) is 4.52 Å². The van der Waals surface area contributed by atoms with Crippen LogP contribution in [0.4, 0.5) is 0 Å². The largest absolute Gasteiger partial charge is 0.338 e. The molecule has 0 radical (unpaired) electrons. The van der Waals surface area contributed by atoms with E-state index in [-0.39, 0.29) is 6.04 Å². The Kier molecular flexibility index (Phi) is 5.42. The summed E-state index contributed by atoms with van der Waals surface area (Å²) in [6.07, 6.45) is 0. The highest BCUT2D eigenvalue weighted by Gasteiger charge is 2.12. The highest BCUT2D eigenvalue weighted by Crippen LogP contribution is 2.23. The van der Waals surface area contributed by atoms with Crippen molar-refractivity contribution in [3.63, 3.8) is 0 Å². The third kappa shape index (κ3) is 4.33. The molecule has 1 aromatic carbocycles. The van der Waals surface area contributed by atoms with Crippen LogP contribution in [-0.4, -0.2) is 16.7 Å². The fourth-order valence-electron chi connectivity index (χ4n) is 1.57. The van der Waals surface area contributed by atoms with E-state index in [0.717, 1.165) is 16.8 Å². The molecule has 1 N–H and O–H groups in total. The van der Waals surface area contributed by atoms with E-state index in [1.165, 1.54) is 4.90 Å². The first kappa shape index (κ1) is 14.6. The summed E-state index contributed by atoms with van der Waals surface area (Å²) in [6.45, 7) is 4.95. The van der Waals surface area contributed by atoms with E-state index in [1.807, 2.05) is 19.1 Å². The number of nitrogens with zero attached hydrogens (tertiary/aromatic N) is 2. The molecule has 102 valence electrons. The van der Waals surface area contributed by atoms with Gasteiger partial charge in [0.05, 0.1) is 11.8 Å². The Bertz CT molecular complexity index is 515. The van der Waals surface area contributed by atoms with Gasteiger partial charge < -0.3 is 9.84 Å². The van der Waals surface area contributed by atoms with Crippen LogP contribution in [0.15, 0.2) is 38.2 Å². The Balaban J connectivity index is 1.91. The maximum absolute atomic E-state index is 5.24. The van der Waals surface area contributed by atoms with E-state index >= 15 is 0 Å². The maximum Gasteiger partial charge on any atom is 0.243 e. The molecule has 0 aliphatic carbocycles. The Morgan fingerprint density at radius 2 is 2.11 bits per heavy atom. The fourth-order valence-corrected chi connectivity index (χ4v) is 2.58. The number of rotatable bonds is 6. The van der Waals surface area contributed by atoms with Crippen LogP contribution in [0.5, 0.6) is 0 Å². The lowest BCUT2D eigenvalue weighted by Crippen LogP contribution is -2.17. The summed E-state index contributed by atoms with van der Waals surface area (Å²) in [4.78, 5) is 5.58. The summed E-state index contributed by atoms with van der Waals surface area (Å²) in [6, 6.07) is 8.28. The van der Waals surface area contributed by atoms with Crippen molar-refractivity contribution in [1.82, 2.24) is 15.5 Å². The van der Waals surface area contributed by atoms with Crippen molar-refractivity contribution in [2.75, 3.05) is 6.54 Å². The molecular formula is C13H16BrN3OS. The number of benzene rings is 1. The Labute approximate surface area is 125 Å². The smallest absolute Gasteiger partial charge is 0.243 e. The average Bonchev–Trinajstić information content (AvgIpc) is 2.87. The number of nitrogens with one attached hydrogen (secondary N) is 1. The molecule has 0 aliphatic rings. The first-order chi connectivity index (χ1) is 9.19. The Hall–Kier alpha value is -0.850. The van der Waals surface area contributed by atoms with Crippen LogP contribution in [0.25, 0.3) is 0 Å². The molecule has 0 saturated carbocycles. The lowest BCUT2D eigenvalue weighted by molar-refractivity contribution is 0.339. The molecular weight excluding hydrogens is 326 g/mol. The van der Waals surface area contributed by atoms with Gasteiger partial charge in [0.15, 0.2) is 5.82 Å². The molecule has 4 nitrogen and oxygen atoms in total. The monoisotopic (exact) mass is 341 g/mol. The standard InChI is InChI=1S/C13H16BrN3OS/c1-3-15-9(2)13-16-12(17-18-13)8-19-11-6-4-10(14)5-7-11/h4-7,9,15H,3,8H2,1-2H3. The normalized spacial score (nSPS) is 12.6. The van der Waals surface area contributed by atoms with Gasteiger partial charge in [-0.3, -0.25) is 0 Å². The quantitative estimate of drug-likeness (QED) is 0.810. The minimum Gasteiger partial charge on any atom is -0.338 e. The molecule has 2 aromatic rings. The summed E-state index contributed by atoms with van der Waals surface area (Å²) < 4.78 is 6.32. The van der Waals surface area contributed by atoms with Gasteiger partial charge in [0.1, 0.15) is 0 Å². The lowest BCUT2D eigenvalue weighted by Gasteiger charge is -2.05. The zero-order valence-corrected chi connectivity index (χ0v) is 13.3. The van der Waals surface area contributed by atoms with Crippen molar-refractivity contribution in [3.05, 3.63) is 40.5 Å². The Morgan fingerprint density at radius 3 is 2.79 bits per heavy atom. The second-order valence-corrected chi connectivity index (χ2v) is 6.04. The molecule has 0 aliphatic heterocycles. The number of thioether (sulfide) groups is 1. The van der Waals surface area contributed by atoms with Gasteiger partial charge >= 0.3 is 0 Å². The third-order valence-electron chi connectivity index (χ3n) is 2.55. The zero-order chi connectivity index (χ0) is 13.7. The Morgan fingerprint density at radius 1 is 1.37 bits per heavy atom. The molecule has 6 heteroatoms. The zero-order valence-electron chi connectivity index (χ0n) is 10.9. The van der Waals surface area contributed by atoms with Gasteiger partial charge in [-0.1, -0.05) is 28.0 Å². The molecule has 0 fully saturated rings. The van der Waals surface area contributed by atoms with Crippen LogP contribution in [0.1, 0.15) is 31.6 Å². The van der Waals surface area contributed by atoms with Crippen molar-refractivity contribution in [1.29, 1.82) is 0 Å². The van der Waals surface area contributed by atoms with E-state index in [0.29, 0.717) is 11.6 Å². The summed E-state index contributed by atoms with van der Waals surface area (Å²) >= 11 is 5.11. The van der Waals surface area contributed by atoms with Gasteiger partial charge in [-0.05, 0) is 37.7 Å². The molecule has 0 spiro atoms. The predicted molar refractivity (Wildman–Crippen MR) is 80.1 cm³/mol. The highest BCUT2D eigenvalue weighted by molar-refractivity contribution is 9.10. The van der Waals surface area contributed by atoms with Gasteiger partial charge in [0, 0.05) is 9.37 Å². The topological polar surface area (TPSA) is 51.0 Å². The average molecular weight is 342 g/mol. The molecule has 1 aromatic heterocycles.